The van der Waals surface area contributed by atoms with Crippen molar-refractivity contribution >= 4 is 12.0 Å². The molecule has 0 aromatic heterocycles. The molecule has 1 aromatic carbocycles. The predicted octanol–water partition coefficient (Wildman–Crippen LogP) is 2.60. The summed E-state index contributed by atoms with van der Waals surface area (Å²) in [5, 5.41) is 0. The quantitative estimate of drug-likeness (QED) is 0.254. The second-order valence-electron chi connectivity index (χ2n) is 3.13. The van der Waals surface area contributed by atoms with Crippen molar-refractivity contribution in [1.29, 1.82) is 0 Å². The monoisotopic (exact) mass is 238 g/mol. The highest BCUT2D eigenvalue weighted by molar-refractivity contribution is 5.61. The topological polar surface area (TPSA) is 15.6 Å². The summed E-state index contributed by atoms with van der Waals surface area (Å²) in [5.74, 6) is -10.1. The lowest BCUT2D eigenvalue weighted by Crippen LogP contribution is -2.08. The molecule has 0 fully saturated rings. The van der Waals surface area contributed by atoms with Gasteiger partial charge < -0.3 is 4.90 Å². The average molecular weight is 238 g/mol. The van der Waals surface area contributed by atoms with Crippen molar-refractivity contribution < 1.29 is 22.0 Å². The normalized spacial score (nSPS) is 11.2. The standard InChI is InChI=1S/C9H7F5N2/c1-16(2)3-15-9-7(13)5(11)4(10)6(12)8(9)14/h3H,1-2H3. The summed E-state index contributed by atoms with van der Waals surface area (Å²) in [6.07, 6.45) is 0.929. The Labute approximate surface area is 88.0 Å². The molecule has 0 aliphatic heterocycles. The van der Waals surface area contributed by atoms with Gasteiger partial charge in [0.2, 0.25) is 5.82 Å². The zero-order valence-corrected chi connectivity index (χ0v) is 8.36. The van der Waals surface area contributed by atoms with Gasteiger partial charge in [-0.25, -0.2) is 26.9 Å². The van der Waals surface area contributed by atoms with Crippen LogP contribution < -0.4 is 0 Å². The first-order chi connectivity index (χ1) is 7.36. The van der Waals surface area contributed by atoms with Gasteiger partial charge in [-0.3, -0.25) is 0 Å². The molecule has 0 saturated heterocycles. The number of rotatable bonds is 2. The lowest BCUT2D eigenvalue weighted by molar-refractivity contribution is 0.381. The molecule has 0 aliphatic carbocycles. The maximum atomic E-state index is 13.0. The summed E-state index contributed by atoms with van der Waals surface area (Å²) in [5.41, 5.74) is -1.20. The second kappa shape index (κ2) is 4.46. The smallest absolute Gasteiger partial charge is 0.200 e. The summed E-state index contributed by atoms with van der Waals surface area (Å²) < 4.78 is 64.0. The van der Waals surface area contributed by atoms with Crippen LogP contribution in [0.2, 0.25) is 0 Å². The Bertz CT molecular complexity index is 413. The molecule has 0 amide bonds. The van der Waals surface area contributed by atoms with Gasteiger partial charge in [0.05, 0.1) is 6.34 Å². The highest BCUT2D eigenvalue weighted by Crippen LogP contribution is 2.28. The Balaban J connectivity index is 3.40. The van der Waals surface area contributed by atoms with E-state index in [-0.39, 0.29) is 0 Å². The summed E-state index contributed by atoms with van der Waals surface area (Å²) in [6.45, 7) is 0. The van der Waals surface area contributed by atoms with Crippen LogP contribution in [-0.4, -0.2) is 25.3 Å². The van der Waals surface area contributed by atoms with Gasteiger partial charge in [0.1, 0.15) is 5.69 Å². The fourth-order valence-corrected chi connectivity index (χ4v) is 0.880. The number of nitrogens with zero attached hydrogens (tertiary/aromatic N) is 2. The highest BCUT2D eigenvalue weighted by atomic mass is 19.2. The van der Waals surface area contributed by atoms with Crippen LogP contribution in [0.25, 0.3) is 0 Å². The second-order valence-corrected chi connectivity index (χ2v) is 3.13. The first-order valence-electron chi connectivity index (χ1n) is 4.08. The Morgan fingerprint density at radius 3 is 1.56 bits per heavy atom. The van der Waals surface area contributed by atoms with Crippen LogP contribution in [0.5, 0.6) is 0 Å². The predicted molar refractivity (Wildman–Crippen MR) is 48.1 cm³/mol. The molecular formula is C9H7F5N2. The number of halogens is 5. The van der Waals surface area contributed by atoms with Crippen LogP contribution in [0.15, 0.2) is 4.99 Å². The molecule has 88 valence electrons. The summed E-state index contributed by atoms with van der Waals surface area (Å²) >= 11 is 0. The molecule has 2 nitrogen and oxygen atoms in total. The van der Waals surface area contributed by atoms with Crippen LogP contribution >= 0.6 is 0 Å². The van der Waals surface area contributed by atoms with Crippen LogP contribution in [0.4, 0.5) is 27.6 Å². The van der Waals surface area contributed by atoms with Crippen molar-refractivity contribution in [3.05, 3.63) is 29.1 Å². The molecule has 0 spiro atoms. The van der Waals surface area contributed by atoms with Gasteiger partial charge in [0, 0.05) is 14.1 Å². The largest absolute Gasteiger partial charge is 0.369 e. The third kappa shape index (κ3) is 2.12. The minimum Gasteiger partial charge on any atom is -0.369 e. The zero-order chi connectivity index (χ0) is 12.5. The Kier molecular flexibility index (Phi) is 3.46. The first-order valence-corrected chi connectivity index (χ1v) is 4.08. The Morgan fingerprint density at radius 1 is 0.812 bits per heavy atom. The van der Waals surface area contributed by atoms with Crippen molar-refractivity contribution in [2.45, 2.75) is 0 Å². The summed E-state index contributed by atoms with van der Waals surface area (Å²) in [7, 11) is 2.96. The van der Waals surface area contributed by atoms with Crippen molar-refractivity contribution in [3.63, 3.8) is 0 Å². The van der Waals surface area contributed by atoms with Crippen molar-refractivity contribution in [3.8, 4) is 0 Å². The minimum atomic E-state index is -2.20. The lowest BCUT2D eigenvalue weighted by atomic mass is 10.2. The van der Waals surface area contributed by atoms with Gasteiger partial charge in [-0.05, 0) is 0 Å². The van der Waals surface area contributed by atoms with Gasteiger partial charge in [0.15, 0.2) is 23.3 Å². The van der Waals surface area contributed by atoms with E-state index in [0.29, 0.717) is 0 Å². The molecule has 7 heteroatoms. The molecule has 0 unspecified atom stereocenters. The molecule has 0 radical (unpaired) electrons. The lowest BCUT2D eigenvalue weighted by Gasteiger charge is -2.05. The van der Waals surface area contributed by atoms with Crippen molar-refractivity contribution in [1.82, 2.24) is 4.90 Å². The third-order valence-electron chi connectivity index (χ3n) is 1.60. The third-order valence-corrected chi connectivity index (χ3v) is 1.60. The fraction of sp³-hybridized carbons (Fsp3) is 0.222. The SMILES string of the molecule is CN(C)C=Nc1c(F)c(F)c(F)c(F)c1F. The molecule has 1 aromatic rings. The molecule has 0 bridgehead atoms. The molecule has 0 heterocycles. The number of aliphatic imine (C=N–C) groups is 1. The Morgan fingerprint density at radius 2 is 1.19 bits per heavy atom. The highest BCUT2D eigenvalue weighted by Gasteiger charge is 2.25. The summed E-state index contributed by atoms with van der Waals surface area (Å²) in [6, 6.07) is 0. The maximum Gasteiger partial charge on any atom is 0.200 e. The average Bonchev–Trinajstić information content (AvgIpc) is 2.23. The van der Waals surface area contributed by atoms with E-state index in [1.165, 1.54) is 19.0 Å². The molecule has 0 aliphatic rings. The maximum absolute atomic E-state index is 13.0. The zero-order valence-electron chi connectivity index (χ0n) is 8.36. The molecule has 0 atom stereocenters. The molecule has 0 saturated carbocycles. The minimum absolute atomic E-state index is 0.929. The molecular weight excluding hydrogens is 231 g/mol. The van der Waals surface area contributed by atoms with E-state index in [1.807, 2.05) is 0 Å². The van der Waals surface area contributed by atoms with Gasteiger partial charge in [-0.1, -0.05) is 0 Å². The van der Waals surface area contributed by atoms with Gasteiger partial charge in [-0.15, -0.1) is 0 Å². The van der Waals surface area contributed by atoms with Crippen molar-refractivity contribution in [2.24, 2.45) is 4.99 Å². The van der Waals surface area contributed by atoms with Gasteiger partial charge >= 0.3 is 0 Å². The number of benzene rings is 1. The van der Waals surface area contributed by atoms with Crippen LogP contribution in [0.3, 0.4) is 0 Å². The van der Waals surface area contributed by atoms with Crippen LogP contribution in [0.1, 0.15) is 0 Å². The van der Waals surface area contributed by atoms with E-state index in [0.717, 1.165) is 6.34 Å². The van der Waals surface area contributed by atoms with E-state index in [9.17, 15) is 22.0 Å². The molecule has 1 rings (SSSR count). The van der Waals surface area contributed by atoms with E-state index >= 15 is 0 Å². The fourth-order valence-electron chi connectivity index (χ4n) is 0.880. The van der Waals surface area contributed by atoms with E-state index in [2.05, 4.69) is 4.99 Å². The first kappa shape index (κ1) is 12.4. The van der Waals surface area contributed by atoms with E-state index in [1.54, 1.807) is 0 Å². The van der Waals surface area contributed by atoms with Crippen LogP contribution in [0, 0.1) is 29.1 Å². The van der Waals surface area contributed by atoms with Crippen molar-refractivity contribution in [2.75, 3.05) is 14.1 Å². The number of hydrogen-bond acceptors (Lipinski definition) is 1. The van der Waals surface area contributed by atoms with Crippen LogP contribution in [-0.2, 0) is 0 Å². The Hall–Kier alpha value is -1.66. The van der Waals surface area contributed by atoms with Gasteiger partial charge in [-0.2, -0.15) is 0 Å². The summed E-state index contributed by atoms with van der Waals surface area (Å²) in [4.78, 5) is 4.46. The molecule has 16 heavy (non-hydrogen) atoms. The van der Waals surface area contributed by atoms with E-state index in [4.69, 9.17) is 0 Å². The molecule has 0 N–H and O–H groups in total. The van der Waals surface area contributed by atoms with E-state index < -0.39 is 34.8 Å². The number of hydrogen-bond donors (Lipinski definition) is 0. The van der Waals surface area contributed by atoms with Gasteiger partial charge in [0.25, 0.3) is 0 Å².